The first-order chi connectivity index (χ1) is 7.07. The molecule has 0 aromatic heterocycles. The van der Waals surface area contributed by atoms with Crippen LogP contribution in [0, 0.1) is 6.92 Å². The summed E-state index contributed by atoms with van der Waals surface area (Å²) in [6, 6.07) is 3.99. The molecule has 1 heterocycles. The van der Waals surface area contributed by atoms with E-state index in [1.807, 2.05) is 19.1 Å². The molecule has 0 N–H and O–H groups in total. The molecule has 2 nitrogen and oxygen atoms in total. The van der Waals surface area contributed by atoms with Crippen LogP contribution in [-0.2, 0) is 10.2 Å². The van der Waals surface area contributed by atoms with Crippen LogP contribution in [0.15, 0.2) is 12.1 Å². The molecule has 1 aromatic rings. The summed E-state index contributed by atoms with van der Waals surface area (Å²) in [6.45, 7) is 5.62. The van der Waals surface area contributed by atoms with Crippen molar-refractivity contribution < 1.29 is 9.47 Å². The molecule has 0 spiro atoms. The molecule has 0 aliphatic carbocycles. The molecular formula is C12H15ClO2. The Hall–Kier alpha value is -0.730. The summed E-state index contributed by atoms with van der Waals surface area (Å²) in [5.41, 5.74) is 2.25. The van der Waals surface area contributed by atoms with Gasteiger partial charge in [-0.15, -0.1) is 0 Å². The lowest BCUT2D eigenvalue weighted by atomic mass is 9.80. The first-order valence-electron chi connectivity index (χ1n) is 4.99. The summed E-state index contributed by atoms with van der Waals surface area (Å²) in [7, 11) is 1.69. The summed E-state index contributed by atoms with van der Waals surface area (Å²) >= 11 is 6.13. The number of ether oxygens (including phenoxy) is 2. The van der Waals surface area contributed by atoms with Gasteiger partial charge in [0.1, 0.15) is 5.75 Å². The van der Waals surface area contributed by atoms with Gasteiger partial charge in [-0.1, -0.05) is 18.5 Å². The van der Waals surface area contributed by atoms with E-state index >= 15 is 0 Å². The highest BCUT2D eigenvalue weighted by Crippen LogP contribution is 2.39. The van der Waals surface area contributed by atoms with Crippen LogP contribution in [-0.4, -0.2) is 20.3 Å². The molecule has 3 heteroatoms. The molecule has 1 saturated heterocycles. The van der Waals surface area contributed by atoms with E-state index in [2.05, 4.69) is 6.92 Å². The van der Waals surface area contributed by atoms with E-state index in [-0.39, 0.29) is 5.41 Å². The number of methoxy groups -OCH3 is 1. The van der Waals surface area contributed by atoms with Gasteiger partial charge in [-0.2, -0.15) is 0 Å². The minimum atomic E-state index is 0.0582. The van der Waals surface area contributed by atoms with Crippen LogP contribution in [0.2, 0.25) is 5.02 Å². The van der Waals surface area contributed by atoms with Gasteiger partial charge < -0.3 is 9.47 Å². The zero-order valence-corrected chi connectivity index (χ0v) is 10.0. The van der Waals surface area contributed by atoms with Gasteiger partial charge in [0.25, 0.3) is 0 Å². The normalized spacial score (nSPS) is 18.4. The van der Waals surface area contributed by atoms with Gasteiger partial charge in [0.15, 0.2) is 0 Å². The Balaban J connectivity index is 2.49. The Morgan fingerprint density at radius 2 is 2.07 bits per heavy atom. The first kappa shape index (κ1) is 10.8. The fourth-order valence-corrected chi connectivity index (χ4v) is 2.02. The van der Waals surface area contributed by atoms with Gasteiger partial charge in [-0.3, -0.25) is 0 Å². The van der Waals surface area contributed by atoms with Gasteiger partial charge in [-0.05, 0) is 24.6 Å². The van der Waals surface area contributed by atoms with Gasteiger partial charge in [0, 0.05) is 16.0 Å². The third-order valence-electron chi connectivity index (χ3n) is 2.97. The molecule has 0 unspecified atom stereocenters. The lowest BCUT2D eigenvalue weighted by Crippen LogP contribution is -2.44. The highest BCUT2D eigenvalue weighted by Gasteiger charge is 2.37. The van der Waals surface area contributed by atoms with E-state index in [1.165, 1.54) is 0 Å². The standard InChI is InChI=1S/C12H15ClO2/c1-8-4-11(14-3)9(5-10(8)13)12(2)6-15-7-12/h4-5H,6-7H2,1-3H3. The molecule has 2 rings (SSSR count). The van der Waals surface area contributed by atoms with Gasteiger partial charge >= 0.3 is 0 Å². The Kier molecular flexibility index (Phi) is 2.65. The van der Waals surface area contributed by atoms with Crippen molar-refractivity contribution in [2.75, 3.05) is 20.3 Å². The van der Waals surface area contributed by atoms with E-state index in [1.54, 1.807) is 7.11 Å². The van der Waals surface area contributed by atoms with Crippen LogP contribution >= 0.6 is 11.6 Å². The smallest absolute Gasteiger partial charge is 0.123 e. The molecule has 0 radical (unpaired) electrons. The lowest BCUT2D eigenvalue weighted by Gasteiger charge is -2.39. The molecule has 0 saturated carbocycles. The van der Waals surface area contributed by atoms with Crippen LogP contribution in [0.4, 0.5) is 0 Å². The van der Waals surface area contributed by atoms with Crippen molar-refractivity contribution in [3.63, 3.8) is 0 Å². The minimum Gasteiger partial charge on any atom is -0.496 e. The summed E-state index contributed by atoms with van der Waals surface area (Å²) in [4.78, 5) is 0. The molecule has 1 fully saturated rings. The maximum atomic E-state index is 6.13. The van der Waals surface area contributed by atoms with Crippen molar-refractivity contribution in [1.29, 1.82) is 0 Å². The predicted molar refractivity (Wildman–Crippen MR) is 60.9 cm³/mol. The van der Waals surface area contributed by atoms with E-state index in [4.69, 9.17) is 21.1 Å². The van der Waals surface area contributed by atoms with E-state index in [9.17, 15) is 0 Å². The Labute approximate surface area is 95.1 Å². The number of rotatable bonds is 2. The largest absolute Gasteiger partial charge is 0.496 e. The fraction of sp³-hybridized carbons (Fsp3) is 0.500. The Morgan fingerprint density at radius 1 is 1.40 bits per heavy atom. The summed E-state index contributed by atoms with van der Waals surface area (Å²) in [5.74, 6) is 0.905. The molecule has 1 aliphatic rings. The highest BCUT2D eigenvalue weighted by molar-refractivity contribution is 6.31. The van der Waals surface area contributed by atoms with Crippen molar-refractivity contribution in [2.45, 2.75) is 19.3 Å². The highest BCUT2D eigenvalue weighted by atomic mass is 35.5. The first-order valence-corrected chi connectivity index (χ1v) is 5.37. The van der Waals surface area contributed by atoms with Crippen LogP contribution in [0.25, 0.3) is 0 Å². The zero-order valence-electron chi connectivity index (χ0n) is 9.26. The lowest BCUT2D eigenvalue weighted by molar-refractivity contribution is -0.0509. The second-order valence-corrected chi connectivity index (χ2v) is 4.76. The maximum absolute atomic E-state index is 6.13. The van der Waals surface area contributed by atoms with Gasteiger partial charge in [-0.25, -0.2) is 0 Å². The third kappa shape index (κ3) is 1.72. The second kappa shape index (κ2) is 3.69. The van der Waals surface area contributed by atoms with E-state index in [0.29, 0.717) is 0 Å². The van der Waals surface area contributed by atoms with Crippen LogP contribution in [0.5, 0.6) is 5.75 Å². The van der Waals surface area contributed by atoms with Gasteiger partial charge in [0.05, 0.1) is 20.3 Å². The molecular weight excluding hydrogens is 212 g/mol. The number of halogens is 1. The van der Waals surface area contributed by atoms with Crippen LogP contribution in [0.1, 0.15) is 18.1 Å². The molecule has 0 atom stereocenters. The minimum absolute atomic E-state index is 0.0582. The Morgan fingerprint density at radius 3 is 2.53 bits per heavy atom. The molecule has 0 bridgehead atoms. The zero-order chi connectivity index (χ0) is 11.1. The van der Waals surface area contributed by atoms with E-state index in [0.717, 1.165) is 35.1 Å². The number of benzene rings is 1. The monoisotopic (exact) mass is 226 g/mol. The average Bonchev–Trinajstić information content (AvgIpc) is 2.18. The predicted octanol–water partition coefficient (Wildman–Crippen LogP) is 2.94. The molecule has 1 aliphatic heterocycles. The van der Waals surface area contributed by atoms with Crippen molar-refractivity contribution >= 4 is 11.6 Å². The maximum Gasteiger partial charge on any atom is 0.123 e. The summed E-state index contributed by atoms with van der Waals surface area (Å²) in [5, 5.41) is 0.791. The Bertz CT molecular complexity index is 383. The molecule has 1 aromatic carbocycles. The van der Waals surface area contributed by atoms with Crippen molar-refractivity contribution in [2.24, 2.45) is 0 Å². The van der Waals surface area contributed by atoms with Crippen LogP contribution < -0.4 is 4.74 Å². The summed E-state index contributed by atoms with van der Waals surface area (Å²) < 4.78 is 10.7. The summed E-state index contributed by atoms with van der Waals surface area (Å²) in [6.07, 6.45) is 0. The van der Waals surface area contributed by atoms with Crippen molar-refractivity contribution in [1.82, 2.24) is 0 Å². The third-order valence-corrected chi connectivity index (χ3v) is 3.38. The molecule has 15 heavy (non-hydrogen) atoms. The quantitative estimate of drug-likeness (QED) is 0.772. The SMILES string of the molecule is COc1cc(C)c(Cl)cc1C1(C)COC1. The number of hydrogen-bond acceptors (Lipinski definition) is 2. The average molecular weight is 227 g/mol. The number of hydrogen-bond donors (Lipinski definition) is 0. The van der Waals surface area contributed by atoms with Crippen molar-refractivity contribution in [3.05, 3.63) is 28.3 Å². The van der Waals surface area contributed by atoms with Crippen molar-refractivity contribution in [3.8, 4) is 5.75 Å². The fourth-order valence-electron chi connectivity index (χ4n) is 1.86. The topological polar surface area (TPSA) is 18.5 Å². The van der Waals surface area contributed by atoms with Crippen LogP contribution in [0.3, 0.4) is 0 Å². The van der Waals surface area contributed by atoms with Gasteiger partial charge in [0.2, 0.25) is 0 Å². The number of aryl methyl sites for hydroxylation is 1. The molecule has 82 valence electrons. The second-order valence-electron chi connectivity index (χ2n) is 4.36. The molecule has 0 amide bonds. The van der Waals surface area contributed by atoms with E-state index < -0.39 is 0 Å².